The number of aliphatic carboxylic acids is 1. The van der Waals surface area contributed by atoms with Crippen molar-refractivity contribution in [3.8, 4) is 11.1 Å². The van der Waals surface area contributed by atoms with Crippen molar-refractivity contribution >= 4 is 33.4 Å². The highest BCUT2D eigenvalue weighted by atomic mass is 16.4. The molecule has 2 N–H and O–H groups in total. The Morgan fingerprint density at radius 3 is 2.10 bits per heavy atom. The van der Waals surface area contributed by atoms with Crippen LogP contribution < -0.4 is 0 Å². The van der Waals surface area contributed by atoms with Crippen molar-refractivity contribution in [3.63, 3.8) is 0 Å². The summed E-state index contributed by atoms with van der Waals surface area (Å²) in [6.45, 7) is -0.225. The third kappa shape index (κ3) is 3.63. The zero-order chi connectivity index (χ0) is 21.1. The van der Waals surface area contributed by atoms with E-state index in [4.69, 9.17) is 5.11 Å². The molecule has 0 saturated heterocycles. The summed E-state index contributed by atoms with van der Waals surface area (Å²) >= 11 is 0. The Bertz CT molecular complexity index is 1240. The highest BCUT2D eigenvalue weighted by Gasteiger charge is 2.21. The summed E-state index contributed by atoms with van der Waals surface area (Å²) in [6, 6.07) is 26.3. The van der Waals surface area contributed by atoms with E-state index in [2.05, 4.69) is 24.3 Å². The summed E-state index contributed by atoms with van der Waals surface area (Å²) in [7, 11) is 0. The van der Waals surface area contributed by atoms with Crippen molar-refractivity contribution in [2.45, 2.75) is 6.54 Å². The number of aliphatic hydroxyl groups is 1. The van der Waals surface area contributed by atoms with Crippen LogP contribution in [-0.2, 0) is 16.1 Å². The van der Waals surface area contributed by atoms with Gasteiger partial charge in [0.05, 0.1) is 6.61 Å². The van der Waals surface area contributed by atoms with E-state index in [0.29, 0.717) is 0 Å². The number of fused-ring (bicyclic) bond motifs is 2. The Kier molecular flexibility index (Phi) is 5.46. The highest BCUT2D eigenvalue weighted by Crippen LogP contribution is 2.35. The average Bonchev–Trinajstić information content (AvgIpc) is 2.78. The molecule has 4 aromatic carbocycles. The molecule has 150 valence electrons. The summed E-state index contributed by atoms with van der Waals surface area (Å²) < 4.78 is 0. The number of carbonyl (C=O) groups excluding carboxylic acids is 1. The van der Waals surface area contributed by atoms with Gasteiger partial charge in [-0.3, -0.25) is 4.79 Å². The van der Waals surface area contributed by atoms with Gasteiger partial charge in [-0.2, -0.15) is 0 Å². The molecule has 5 heteroatoms. The molecule has 0 aromatic heterocycles. The first-order valence-electron chi connectivity index (χ1n) is 9.72. The fourth-order valence-corrected chi connectivity index (χ4v) is 3.91. The van der Waals surface area contributed by atoms with Gasteiger partial charge >= 0.3 is 11.9 Å². The predicted octanol–water partition coefficient (Wildman–Crippen LogP) is 4.07. The van der Waals surface area contributed by atoms with E-state index in [1.165, 1.54) is 0 Å². The van der Waals surface area contributed by atoms with Gasteiger partial charge in [0.1, 0.15) is 0 Å². The number of carbonyl (C=O) groups is 2. The Labute approximate surface area is 173 Å². The minimum atomic E-state index is -1.53. The third-order valence-corrected chi connectivity index (χ3v) is 5.30. The largest absolute Gasteiger partial charge is 0.474 e. The lowest BCUT2D eigenvalue weighted by atomic mass is 9.92. The number of hydrogen-bond acceptors (Lipinski definition) is 3. The molecule has 0 unspecified atom stereocenters. The number of benzene rings is 4. The van der Waals surface area contributed by atoms with E-state index in [9.17, 15) is 14.7 Å². The molecule has 0 heterocycles. The summed E-state index contributed by atoms with van der Waals surface area (Å²) in [5.74, 6) is -2.55. The fraction of sp³-hybridized carbons (Fsp3) is 0.120. The Balaban J connectivity index is 1.84. The monoisotopic (exact) mass is 399 g/mol. The summed E-state index contributed by atoms with van der Waals surface area (Å²) in [5.41, 5.74) is 3.02. The van der Waals surface area contributed by atoms with Gasteiger partial charge in [-0.1, -0.05) is 78.9 Å². The number of carboxylic acids is 1. The topological polar surface area (TPSA) is 77.8 Å². The van der Waals surface area contributed by atoms with Crippen molar-refractivity contribution in [3.05, 3.63) is 84.4 Å². The van der Waals surface area contributed by atoms with Gasteiger partial charge in [-0.25, -0.2) is 4.79 Å². The van der Waals surface area contributed by atoms with Gasteiger partial charge in [0.25, 0.3) is 0 Å². The molecule has 0 aliphatic heterocycles. The molecule has 30 heavy (non-hydrogen) atoms. The standard InChI is InChI=1S/C25H21NO4/c27-15-14-26(24(28)25(29)30)16-18-12-13-23(21-10-4-3-9-20(18)21)22-11-5-7-17-6-1-2-8-19(17)22/h1-13,27H,14-16H2,(H,29,30). The first kappa shape index (κ1) is 19.6. The molecule has 0 saturated carbocycles. The highest BCUT2D eigenvalue weighted by molar-refractivity contribution is 6.31. The number of nitrogens with zero attached hydrogens (tertiary/aromatic N) is 1. The van der Waals surface area contributed by atoms with Crippen LogP contribution in [0.4, 0.5) is 0 Å². The number of rotatable bonds is 5. The van der Waals surface area contributed by atoms with Crippen LogP contribution in [0.25, 0.3) is 32.7 Å². The quantitative estimate of drug-likeness (QED) is 0.496. The second-order valence-electron chi connectivity index (χ2n) is 7.10. The molecule has 1 amide bonds. The number of amides is 1. The molecular formula is C25H21NO4. The number of aliphatic hydroxyl groups excluding tert-OH is 1. The van der Waals surface area contributed by atoms with Gasteiger partial charge in [-0.15, -0.1) is 0 Å². The second-order valence-corrected chi connectivity index (χ2v) is 7.10. The van der Waals surface area contributed by atoms with Gasteiger partial charge in [0.2, 0.25) is 0 Å². The Morgan fingerprint density at radius 2 is 1.37 bits per heavy atom. The zero-order valence-corrected chi connectivity index (χ0v) is 16.3. The SMILES string of the molecule is O=C(O)C(=O)N(CCO)Cc1ccc(-c2cccc3ccccc23)c2ccccc12. The molecule has 0 fully saturated rings. The van der Waals surface area contributed by atoms with E-state index < -0.39 is 11.9 Å². The lowest BCUT2D eigenvalue weighted by Gasteiger charge is -2.21. The van der Waals surface area contributed by atoms with Crippen LogP contribution in [0.15, 0.2) is 78.9 Å². The molecule has 0 spiro atoms. The first-order chi connectivity index (χ1) is 14.6. The van der Waals surface area contributed by atoms with Gasteiger partial charge in [-0.05, 0) is 38.2 Å². The van der Waals surface area contributed by atoms with Crippen molar-refractivity contribution in [2.24, 2.45) is 0 Å². The van der Waals surface area contributed by atoms with Crippen LogP contribution in [0, 0.1) is 0 Å². The van der Waals surface area contributed by atoms with E-state index in [1.54, 1.807) is 0 Å². The minimum absolute atomic E-state index is 0.0372. The molecule has 0 bridgehead atoms. The number of hydrogen-bond donors (Lipinski definition) is 2. The second kappa shape index (κ2) is 8.35. The molecule has 4 aromatic rings. The van der Waals surface area contributed by atoms with Crippen molar-refractivity contribution in [1.29, 1.82) is 0 Å². The van der Waals surface area contributed by atoms with Crippen LogP contribution >= 0.6 is 0 Å². The van der Waals surface area contributed by atoms with Crippen LogP contribution in [0.2, 0.25) is 0 Å². The molecule has 0 atom stereocenters. The van der Waals surface area contributed by atoms with Gasteiger partial charge in [0.15, 0.2) is 0 Å². The van der Waals surface area contributed by atoms with E-state index >= 15 is 0 Å². The predicted molar refractivity (Wildman–Crippen MR) is 117 cm³/mol. The van der Waals surface area contributed by atoms with Crippen LogP contribution in [0.3, 0.4) is 0 Å². The van der Waals surface area contributed by atoms with Crippen molar-refractivity contribution in [1.82, 2.24) is 4.90 Å². The lowest BCUT2D eigenvalue weighted by Crippen LogP contribution is -2.37. The normalized spacial score (nSPS) is 11.0. The molecule has 0 aliphatic rings. The van der Waals surface area contributed by atoms with Gasteiger partial charge < -0.3 is 15.1 Å². The lowest BCUT2D eigenvalue weighted by molar-refractivity contribution is -0.156. The molecule has 0 aliphatic carbocycles. The Morgan fingerprint density at radius 1 is 0.733 bits per heavy atom. The van der Waals surface area contributed by atoms with Crippen LogP contribution in [0.1, 0.15) is 5.56 Å². The average molecular weight is 399 g/mol. The maximum absolute atomic E-state index is 12.0. The van der Waals surface area contributed by atoms with E-state index in [-0.39, 0.29) is 19.7 Å². The summed E-state index contributed by atoms with van der Waals surface area (Å²) in [5, 5.41) is 22.6. The summed E-state index contributed by atoms with van der Waals surface area (Å²) in [6.07, 6.45) is 0. The molecule has 0 radical (unpaired) electrons. The first-order valence-corrected chi connectivity index (χ1v) is 9.72. The van der Waals surface area contributed by atoms with Crippen LogP contribution in [-0.4, -0.2) is 40.1 Å². The van der Waals surface area contributed by atoms with Crippen molar-refractivity contribution in [2.75, 3.05) is 13.2 Å². The third-order valence-electron chi connectivity index (χ3n) is 5.30. The smallest absolute Gasteiger partial charge is 0.394 e. The molecular weight excluding hydrogens is 378 g/mol. The van der Waals surface area contributed by atoms with Crippen molar-refractivity contribution < 1.29 is 19.8 Å². The van der Waals surface area contributed by atoms with E-state index in [1.807, 2.05) is 54.6 Å². The summed E-state index contributed by atoms with van der Waals surface area (Å²) in [4.78, 5) is 24.3. The Hall–Kier alpha value is -3.70. The maximum Gasteiger partial charge on any atom is 0.394 e. The number of carboxylic acid groups (broad SMARTS) is 1. The van der Waals surface area contributed by atoms with Crippen LogP contribution in [0.5, 0.6) is 0 Å². The van der Waals surface area contributed by atoms with Gasteiger partial charge in [0, 0.05) is 13.1 Å². The minimum Gasteiger partial charge on any atom is -0.474 e. The zero-order valence-electron chi connectivity index (χ0n) is 16.3. The fourth-order valence-electron chi connectivity index (χ4n) is 3.91. The molecule has 5 nitrogen and oxygen atoms in total. The van der Waals surface area contributed by atoms with E-state index in [0.717, 1.165) is 43.1 Å². The maximum atomic E-state index is 12.0. The molecule has 4 rings (SSSR count).